The lowest BCUT2D eigenvalue weighted by atomic mass is 10.2. The molecule has 140 valence electrons. The van der Waals surface area contributed by atoms with Crippen molar-refractivity contribution in [3.05, 3.63) is 71.5 Å². The van der Waals surface area contributed by atoms with E-state index < -0.39 is 0 Å². The largest absolute Gasteiger partial charge is 0.508 e. The summed E-state index contributed by atoms with van der Waals surface area (Å²) in [7, 11) is 0. The minimum absolute atomic E-state index is 0.216. The number of fused-ring (bicyclic) bond motifs is 1. The molecule has 0 spiro atoms. The SMILES string of the molecule is Oc1ccc(-n2nnnc2SCc2nn(-c3ccccc3)c3c2CCC3)cc1. The molecule has 4 aromatic rings. The summed E-state index contributed by atoms with van der Waals surface area (Å²) in [4.78, 5) is 0. The van der Waals surface area contributed by atoms with E-state index >= 15 is 0 Å². The molecule has 0 amide bonds. The third-order valence-corrected chi connectivity index (χ3v) is 5.82. The van der Waals surface area contributed by atoms with Gasteiger partial charge in [-0.2, -0.15) is 9.78 Å². The summed E-state index contributed by atoms with van der Waals surface area (Å²) in [6.07, 6.45) is 3.30. The van der Waals surface area contributed by atoms with Gasteiger partial charge in [0, 0.05) is 11.4 Å². The third-order valence-electron chi connectivity index (χ3n) is 4.89. The maximum atomic E-state index is 9.48. The minimum Gasteiger partial charge on any atom is -0.508 e. The molecule has 2 heterocycles. The number of tetrazole rings is 1. The molecule has 0 radical (unpaired) electrons. The Bertz CT molecular complexity index is 1100. The summed E-state index contributed by atoms with van der Waals surface area (Å²) >= 11 is 1.57. The molecule has 0 saturated heterocycles. The van der Waals surface area contributed by atoms with Crippen LogP contribution in [0.4, 0.5) is 0 Å². The van der Waals surface area contributed by atoms with Crippen LogP contribution in [0.15, 0.2) is 59.8 Å². The number of benzene rings is 2. The predicted molar refractivity (Wildman–Crippen MR) is 106 cm³/mol. The first-order valence-electron chi connectivity index (χ1n) is 9.15. The van der Waals surface area contributed by atoms with Crippen molar-refractivity contribution in [3.8, 4) is 17.1 Å². The van der Waals surface area contributed by atoms with E-state index in [0.29, 0.717) is 10.9 Å². The number of para-hydroxylation sites is 1. The summed E-state index contributed by atoms with van der Waals surface area (Å²) < 4.78 is 3.76. The van der Waals surface area contributed by atoms with Crippen LogP contribution in [-0.2, 0) is 18.6 Å². The molecule has 0 unspecified atom stereocenters. The maximum Gasteiger partial charge on any atom is 0.214 e. The number of nitrogens with zero attached hydrogens (tertiary/aromatic N) is 6. The maximum absolute atomic E-state index is 9.48. The average Bonchev–Trinajstić information content (AvgIpc) is 3.45. The lowest BCUT2D eigenvalue weighted by molar-refractivity contribution is 0.475. The van der Waals surface area contributed by atoms with Gasteiger partial charge in [0.15, 0.2) is 0 Å². The standard InChI is InChI=1S/C20H18N6OS/c27-16-11-9-15(10-12-16)26-20(21-23-24-26)28-13-18-17-7-4-8-19(17)25(22-18)14-5-2-1-3-6-14/h1-3,5-6,9-12,27H,4,7-8,13H2. The fourth-order valence-electron chi connectivity index (χ4n) is 3.57. The Kier molecular flexibility index (Phi) is 4.32. The number of rotatable bonds is 5. The van der Waals surface area contributed by atoms with Crippen LogP contribution in [0, 0.1) is 0 Å². The van der Waals surface area contributed by atoms with E-state index in [-0.39, 0.29) is 5.75 Å². The molecule has 7 nitrogen and oxygen atoms in total. The second-order valence-corrected chi connectivity index (χ2v) is 7.59. The molecule has 0 aliphatic heterocycles. The predicted octanol–water partition coefficient (Wildman–Crippen LogP) is 3.33. The Morgan fingerprint density at radius 2 is 1.71 bits per heavy atom. The van der Waals surface area contributed by atoms with Crippen LogP contribution in [0.25, 0.3) is 11.4 Å². The smallest absolute Gasteiger partial charge is 0.214 e. The molecule has 0 atom stereocenters. The van der Waals surface area contributed by atoms with Crippen LogP contribution in [0.1, 0.15) is 23.4 Å². The number of aromatic nitrogens is 6. The summed E-state index contributed by atoms with van der Waals surface area (Å²) in [5.74, 6) is 0.925. The Labute approximate surface area is 166 Å². The van der Waals surface area contributed by atoms with Crippen molar-refractivity contribution in [1.82, 2.24) is 30.0 Å². The number of aromatic hydroxyl groups is 1. The molecule has 8 heteroatoms. The first-order chi connectivity index (χ1) is 13.8. The van der Waals surface area contributed by atoms with Crippen molar-refractivity contribution in [2.45, 2.75) is 30.2 Å². The zero-order chi connectivity index (χ0) is 18.9. The summed E-state index contributed by atoms with van der Waals surface area (Å²) in [5.41, 5.74) is 5.69. The van der Waals surface area contributed by atoms with Crippen molar-refractivity contribution in [1.29, 1.82) is 0 Å². The van der Waals surface area contributed by atoms with Gasteiger partial charge in [-0.25, -0.2) is 4.68 Å². The molecule has 1 aliphatic rings. The number of thioether (sulfide) groups is 1. The number of phenols is 1. The van der Waals surface area contributed by atoms with Crippen molar-refractivity contribution in [2.75, 3.05) is 0 Å². The number of hydrogen-bond acceptors (Lipinski definition) is 6. The fourth-order valence-corrected chi connectivity index (χ4v) is 4.43. The molecule has 0 fully saturated rings. The molecule has 0 bridgehead atoms. The van der Waals surface area contributed by atoms with Gasteiger partial charge in [0.1, 0.15) is 5.75 Å². The molecule has 2 aromatic carbocycles. The molecule has 2 aromatic heterocycles. The van der Waals surface area contributed by atoms with Gasteiger partial charge in [-0.1, -0.05) is 30.0 Å². The Hall–Kier alpha value is -3.13. The molecular weight excluding hydrogens is 372 g/mol. The highest BCUT2D eigenvalue weighted by atomic mass is 32.2. The van der Waals surface area contributed by atoms with E-state index in [1.54, 1.807) is 40.7 Å². The van der Waals surface area contributed by atoms with E-state index in [2.05, 4.69) is 32.3 Å². The van der Waals surface area contributed by atoms with E-state index in [1.165, 1.54) is 17.7 Å². The fraction of sp³-hybridized carbons (Fsp3) is 0.200. The topological polar surface area (TPSA) is 81.7 Å². The van der Waals surface area contributed by atoms with E-state index in [9.17, 15) is 5.11 Å². The second-order valence-electron chi connectivity index (χ2n) is 6.65. The van der Waals surface area contributed by atoms with Gasteiger partial charge in [0.2, 0.25) is 5.16 Å². The molecule has 5 rings (SSSR count). The number of hydrogen-bond donors (Lipinski definition) is 1. The molecule has 1 N–H and O–H groups in total. The highest BCUT2D eigenvalue weighted by Gasteiger charge is 2.23. The molecule has 28 heavy (non-hydrogen) atoms. The minimum atomic E-state index is 0.216. The first-order valence-corrected chi connectivity index (χ1v) is 10.1. The summed E-state index contributed by atoms with van der Waals surface area (Å²) in [6, 6.07) is 17.1. The van der Waals surface area contributed by atoms with E-state index in [1.807, 2.05) is 18.2 Å². The van der Waals surface area contributed by atoms with Crippen LogP contribution in [0.2, 0.25) is 0 Å². The summed E-state index contributed by atoms with van der Waals surface area (Å²) in [5, 5.41) is 27.1. The lowest BCUT2D eigenvalue weighted by Gasteiger charge is -2.05. The highest BCUT2D eigenvalue weighted by Crippen LogP contribution is 2.31. The van der Waals surface area contributed by atoms with Gasteiger partial charge < -0.3 is 5.11 Å². The summed E-state index contributed by atoms with van der Waals surface area (Å²) in [6.45, 7) is 0. The van der Waals surface area contributed by atoms with Crippen LogP contribution in [0.5, 0.6) is 5.75 Å². The van der Waals surface area contributed by atoms with Crippen molar-refractivity contribution in [3.63, 3.8) is 0 Å². The Morgan fingerprint density at radius 3 is 2.54 bits per heavy atom. The van der Waals surface area contributed by atoms with Crippen molar-refractivity contribution in [2.24, 2.45) is 0 Å². The third kappa shape index (κ3) is 3.05. The molecular formula is C20H18N6OS. The molecule has 0 saturated carbocycles. The van der Waals surface area contributed by atoms with Gasteiger partial charge in [-0.3, -0.25) is 0 Å². The van der Waals surface area contributed by atoms with Crippen LogP contribution >= 0.6 is 11.8 Å². The normalized spacial score (nSPS) is 13.0. The second kappa shape index (κ2) is 7.12. The van der Waals surface area contributed by atoms with E-state index in [4.69, 9.17) is 5.10 Å². The van der Waals surface area contributed by atoms with Gasteiger partial charge in [-0.15, -0.1) is 5.10 Å². The molecule has 1 aliphatic carbocycles. The highest BCUT2D eigenvalue weighted by molar-refractivity contribution is 7.98. The quantitative estimate of drug-likeness (QED) is 0.527. The Balaban J connectivity index is 1.42. The van der Waals surface area contributed by atoms with Gasteiger partial charge in [0.05, 0.1) is 17.1 Å². The van der Waals surface area contributed by atoms with Crippen molar-refractivity contribution < 1.29 is 5.11 Å². The monoisotopic (exact) mass is 390 g/mol. The van der Waals surface area contributed by atoms with Crippen LogP contribution < -0.4 is 0 Å². The van der Waals surface area contributed by atoms with Crippen molar-refractivity contribution >= 4 is 11.8 Å². The first kappa shape index (κ1) is 17.0. The van der Waals surface area contributed by atoms with Crippen LogP contribution in [-0.4, -0.2) is 35.1 Å². The lowest BCUT2D eigenvalue weighted by Crippen LogP contribution is -2.01. The average molecular weight is 390 g/mol. The van der Waals surface area contributed by atoms with E-state index in [0.717, 1.165) is 29.9 Å². The zero-order valence-corrected chi connectivity index (χ0v) is 15.9. The zero-order valence-electron chi connectivity index (χ0n) is 15.1. The Morgan fingerprint density at radius 1 is 0.929 bits per heavy atom. The van der Waals surface area contributed by atoms with Gasteiger partial charge in [0.25, 0.3) is 0 Å². The number of phenolic OH excluding ortho intramolecular Hbond substituents is 1. The van der Waals surface area contributed by atoms with Gasteiger partial charge >= 0.3 is 0 Å². The van der Waals surface area contributed by atoms with Gasteiger partial charge in [-0.05, 0) is 71.7 Å². The van der Waals surface area contributed by atoms with Crippen LogP contribution in [0.3, 0.4) is 0 Å².